The minimum atomic E-state index is -3.38. The predicted octanol–water partition coefficient (Wildman–Crippen LogP) is 1.37. The standard InChI is InChI=1S/C12H19NO3S/c1-8(14)13-10-6-9-4-5-12(10,11(9,2)3)7-17(13,15)16/h9-10H,4-7H2,1-3H3/t9?,10-,12?/m1/s1. The van der Waals surface area contributed by atoms with Crippen molar-refractivity contribution in [1.29, 1.82) is 0 Å². The van der Waals surface area contributed by atoms with Gasteiger partial charge in [-0.2, -0.15) is 0 Å². The van der Waals surface area contributed by atoms with Gasteiger partial charge >= 0.3 is 0 Å². The largest absolute Gasteiger partial charge is 0.274 e. The summed E-state index contributed by atoms with van der Waals surface area (Å²) in [5.74, 6) is 0.438. The number of carbonyl (C=O) groups is 1. The average molecular weight is 257 g/mol. The van der Waals surface area contributed by atoms with Gasteiger partial charge in [-0.05, 0) is 30.6 Å². The van der Waals surface area contributed by atoms with E-state index in [1.807, 2.05) is 0 Å². The Hall–Kier alpha value is -0.580. The average Bonchev–Trinajstić information content (AvgIpc) is 2.62. The highest BCUT2D eigenvalue weighted by Gasteiger charge is 2.71. The lowest BCUT2D eigenvalue weighted by Crippen LogP contribution is -2.43. The topological polar surface area (TPSA) is 54.5 Å². The number of amides is 1. The first-order valence-electron chi connectivity index (χ1n) is 6.25. The highest BCUT2D eigenvalue weighted by atomic mass is 32.2. The maximum atomic E-state index is 12.2. The fourth-order valence-electron chi connectivity index (χ4n) is 4.70. The molecule has 2 unspecified atom stereocenters. The van der Waals surface area contributed by atoms with Gasteiger partial charge in [-0.1, -0.05) is 13.8 Å². The molecule has 0 aromatic heterocycles. The van der Waals surface area contributed by atoms with Gasteiger partial charge in [0.15, 0.2) is 0 Å². The molecule has 3 fully saturated rings. The molecule has 17 heavy (non-hydrogen) atoms. The third-order valence-electron chi connectivity index (χ3n) is 5.72. The number of fused-ring (bicyclic) bond motifs is 1. The third kappa shape index (κ3) is 1.09. The lowest BCUT2D eigenvalue weighted by molar-refractivity contribution is -0.126. The van der Waals surface area contributed by atoms with Crippen LogP contribution in [-0.4, -0.2) is 30.4 Å². The Morgan fingerprint density at radius 3 is 2.53 bits per heavy atom. The smallest absolute Gasteiger partial charge is 0.238 e. The quantitative estimate of drug-likeness (QED) is 0.658. The lowest BCUT2D eigenvalue weighted by atomic mass is 9.69. The molecule has 1 saturated heterocycles. The minimum absolute atomic E-state index is 0.0505. The maximum Gasteiger partial charge on any atom is 0.238 e. The van der Waals surface area contributed by atoms with Crippen LogP contribution in [0.15, 0.2) is 0 Å². The summed E-state index contributed by atoms with van der Waals surface area (Å²) < 4.78 is 25.6. The Morgan fingerprint density at radius 1 is 1.35 bits per heavy atom. The van der Waals surface area contributed by atoms with Gasteiger partial charge in [-0.15, -0.1) is 0 Å². The Balaban J connectivity index is 2.15. The van der Waals surface area contributed by atoms with E-state index in [4.69, 9.17) is 0 Å². The molecule has 1 aliphatic heterocycles. The van der Waals surface area contributed by atoms with Crippen molar-refractivity contribution in [2.24, 2.45) is 16.7 Å². The van der Waals surface area contributed by atoms with E-state index in [1.165, 1.54) is 11.2 Å². The van der Waals surface area contributed by atoms with E-state index in [1.54, 1.807) is 0 Å². The Morgan fingerprint density at radius 2 is 2.00 bits per heavy atom. The molecule has 3 rings (SSSR count). The lowest BCUT2D eigenvalue weighted by Gasteiger charge is -2.36. The number of hydrogen-bond donors (Lipinski definition) is 0. The summed E-state index contributed by atoms with van der Waals surface area (Å²) in [7, 11) is -3.38. The number of nitrogens with zero attached hydrogens (tertiary/aromatic N) is 1. The molecule has 0 N–H and O–H groups in total. The molecular formula is C12H19NO3S. The van der Waals surface area contributed by atoms with Crippen molar-refractivity contribution >= 4 is 15.9 Å². The summed E-state index contributed by atoms with van der Waals surface area (Å²) in [6.07, 6.45) is 2.94. The minimum Gasteiger partial charge on any atom is -0.274 e. The molecule has 2 saturated carbocycles. The zero-order chi connectivity index (χ0) is 12.6. The monoisotopic (exact) mass is 257 g/mol. The van der Waals surface area contributed by atoms with Crippen LogP contribution >= 0.6 is 0 Å². The molecule has 0 radical (unpaired) electrons. The molecule has 3 aliphatic rings. The van der Waals surface area contributed by atoms with Crippen molar-refractivity contribution in [2.45, 2.75) is 46.1 Å². The van der Waals surface area contributed by atoms with Crippen LogP contribution in [0.2, 0.25) is 0 Å². The van der Waals surface area contributed by atoms with Crippen LogP contribution in [0.5, 0.6) is 0 Å². The van der Waals surface area contributed by atoms with Crippen molar-refractivity contribution in [1.82, 2.24) is 4.31 Å². The van der Waals surface area contributed by atoms with E-state index in [0.717, 1.165) is 19.3 Å². The zero-order valence-electron chi connectivity index (χ0n) is 10.6. The molecule has 4 nitrogen and oxygen atoms in total. The molecule has 0 aromatic carbocycles. The summed E-state index contributed by atoms with van der Waals surface area (Å²) >= 11 is 0. The van der Waals surface area contributed by atoms with E-state index >= 15 is 0 Å². The molecular weight excluding hydrogens is 238 g/mol. The third-order valence-corrected chi connectivity index (χ3v) is 7.71. The molecule has 2 aliphatic carbocycles. The van der Waals surface area contributed by atoms with E-state index in [0.29, 0.717) is 5.92 Å². The number of carbonyl (C=O) groups excluding carboxylic acids is 1. The molecule has 1 heterocycles. The van der Waals surface area contributed by atoms with Crippen LogP contribution in [0.1, 0.15) is 40.0 Å². The SMILES string of the molecule is CC(=O)N1[C@@H]2CC3CCC2(CS1(=O)=O)C3(C)C. The molecule has 5 heteroatoms. The van der Waals surface area contributed by atoms with Gasteiger partial charge in [0.25, 0.3) is 0 Å². The van der Waals surface area contributed by atoms with Crippen LogP contribution in [-0.2, 0) is 14.8 Å². The second-order valence-corrected chi connectivity index (χ2v) is 8.28. The first-order valence-corrected chi connectivity index (χ1v) is 7.86. The normalized spacial score (nSPS) is 45.0. The second-order valence-electron chi connectivity index (χ2n) is 6.44. The number of rotatable bonds is 0. The van der Waals surface area contributed by atoms with Crippen LogP contribution in [0, 0.1) is 16.7 Å². The van der Waals surface area contributed by atoms with E-state index in [-0.39, 0.29) is 28.5 Å². The summed E-state index contributed by atoms with van der Waals surface area (Å²) in [5.41, 5.74) is -0.128. The fourth-order valence-corrected chi connectivity index (χ4v) is 7.27. The molecule has 3 atom stereocenters. The van der Waals surface area contributed by atoms with E-state index in [9.17, 15) is 13.2 Å². The van der Waals surface area contributed by atoms with Crippen molar-refractivity contribution in [3.63, 3.8) is 0 Å². The highest BCUT2D eigenvalue weighted by Crippen LogP contribution is 2.69. The first kappa shape index (κ1) is 11.5. The van der Waals surface area contributed by atoms with Crippen LogP contribution < -0.4 is 0 Å². The second kappa shape index (κ2) is 2.87. The van der Waals surface area contributed by atoms with Gasteiger partial charge in [0, 0.05) is 12.3 Å². The van der Waals surface area contributed by atoms with Crippen molar-refractivity contribution in [2.75, 3.05) is 5.75 Å². The van der Waals surface area contributed by atoms with Crippen LogP contribution in [0.3, 0.4) is 0 Å². The van der Waals surface area contributed by atoms with Crippen molar-refractivity contribution < 1.29 is 13.2 Å². The van der Waals surface area contributed by atoms with E-state index in [2.05, 4.69) is 13.8 Å². The fraction of sp³-hybridized carbons (Fsp3) is 0.917. The Kier molecular flexibility index (Phi) is 1.94. The van der Waals surface area contributed by atoms with Crippen molar-refractivity contribution in [3.05, 3.63) is 0 Å². The van der Waals surface area contributed by atoms with Gasteiger partial charge in [0.2, 0.25) is 15.9 Å². The van der Waals surface area contributed by atoms with Crippen LogP contribution in [0.25, 0.3) is 0 Å². The summed E-state index contributed by atoms with van der Waals surface area (Å²) in [5, 5.41) is 0. The number of sulfonamides is 1. The van der Waals surface area contributed by atoms with Gasteiger partial charge in [0.05, 0.1) is 11.8 Å². The van der Waals surface area contributed by atoms with Gasteiger partial charge in [-0.3, -0.25) is 4.79 Å². The molecule has 96 valence electrons. The number of hydrogen-bond acceptors (Lipinski definition) is 3. The molecule has 2 bridgehead atoms. The molecule has 1 amide bonds. The Labute approximate surface area is 102 Å². The summed E-state index contributed by atoms with van der Waals surface area (Å²) in [6, 6.07) is -0.0706. The van der Waals surface area contributed by atoms with Gasteiger partial charge in [-0.25, -0.2) is 12.7 Å². The highest BCUT2D eigenvalue weighted by molar-refractivity contribution is 7.90. The first-order chi connectivity index (χ1) is 7.72. The molecule has 0 aromatic rings. The van der Waals surface area contributed by atoms with Gasteiger partial charge in [0.1, 0.15) is 0 Å². The van der Waals surface area contributed by atoms with E-state index < -0.39 is 10.0 Å². The molecule has 1 spiro atoms. The zero-order valence-corrected chi connectivity index (χ0v) is 11.4. The van der Waals surface area contributed by atoms with Gasteiger partial charge < -0.3 is 0 Å². The Bertz CT molecular complexity index is 496. The predicted molar refractivity (Wildman–Crippen MR) is 63.6 cm³/mol. The van der Waals surface area contributed by atoms with Crippen LogP contribution in [0.4, 0.5) is 0 Å². The summed E-state index contributed by atoms with van der Waals surface area (Å²) in [4.78, 5) is 11.6. The van der Waals surface area contributed by atoms with Crippen molar-refractivity contribution in [3.8, 4) is 0 Å². The maximum absolute atomic E-state index is 12.2. The summed E-state index contributed by atoms with van der Waals surface area (Å²) in [6.45, 7) is 5.74.